The van der Waals surface area contributed by atoms with Crippen LogP contribution in [-0.2, 0) is 6.42 Å². The number of benzene rings is 1. The fourth-order valence-electron chi connectivity index (χ4n) is 2.41. The molecule has 0 aliphatic heterocycles. The molecule has 0 amide bonds. The molecule has 0 aliphatic rings. The zero-order valence-electron chi connectivity index (χ0n) is 11.3. The molecule has 0 aliphatic carbocycles. The minimum absolute atomic E-state index is 0.0907. The molecule has 0 spiro atoms. The Hall–Kier alpha value is -0.870. The molecule has 2 rings (SSSR count). The maximum atomic E-state index is 10.4. The van der Waals surface area contributed by atoms with Gasteiger partial charge in [-0.3, -0.25) is 0 Å². The Kier molecular flexibility index (Phi) is 6.05. The number of hydrogen-bond donors (Lipinski definition) is 2. The smallest absolute Gasteiger partial charge is 0.0621 e. The van der Waals surface area contributed by atoms with E-state index < -0.39 is 6.10 Å². The Balaban J connectivity index is 1.92. The summed E-state index contributed by atoms with van der Waals surface area (Å²) in [4.78, 5) is 1.36. The van der Waals surface area contributed by atoms with Crippen LogP contribution in [0.2, 0.25) is 5.02 Å². The highest BCUT2D eigenvalue weighted by Crippen LogP contribution is 2.28. The van der Waals surface area contributed by atoms with Crippen LogP contribution < -0.4 is 5.73 Å². The lowest BCUT2D eigenvalue weighted by Crippen LogP contribution is -2.26. The second-order valence-corrected chi connectivity index (χ2v) is 6.34. The van der Waals surface area contributed by atoms with Gasteiger partial charge in [-0.05, 0) is 42.3 Å². The maximum absolute atomic E-state index is 10.4. The minimum Gasteiger partial charge on any atom is -0.392 e. The average Bonchev–Trinajstić information content (AvgIpc) is 2.95. The van der Waals surface area contributed by atoms with Gasteiger partial charge in [-0.2, -0.15) is 0 Å². The van der Waals surface area contributed by atoms with Crippen LogP contribution >= 0.6 is 22.9 Å². The van der Waals surface area contributed by atoms with Crippen LogP contribution in [0.25, 0.3) is 0 Å². The lowest BCUT2D eigenvalue weighted by Gasteiger charge is -2.22. The molecular formula is C16H20ClNOS. The molecule has 108 valence electrons. The lowest BCUT2D eigenvalue weighted by atomic mass is 9.90. The van der Waals surface area contributed by atoms with Crippen molar-refractivity contribution >= 4 is 22.9 Å². The summed E-state index contributed by atoms with van der Waals surface area (Å²) in [5.41, 5.74) is 6.77. The van der Waals surface area contributed by atoms with Crippen molar-refractivity contribution in [1.29, 1.82) is 0 Å². The number of halogens is 1. The summed E-state index contributed by atoms with van der Waals surface area (Å²) in [6.07, 6.45) is 2.27. The van der Waals surface area contributed by atoms with Gasteiger partial charge in [-0.1, -0.05) is 35.9 Å². The van der Waals surface area contributed by atoms with Crippen LogP contribution in [0, 0.1) is 0 Å². The number of aryl methyl sites for hydroxylation is 1. The summed E-state index contributed by atoms with van der Waals surface area (Å²) in [7, 11) is 0. The Morgan fingerprint density at radius 2 is 2.00 bits per heavy atom. The monoisotopic (exact) mass is 309 g/mol. The summed E-state index contributed by atoms with van der Waals surface area (Å²) in [6.45, 7) is 0.407. The third kappa shape index (κ3) is 4.06. The van der Waals surface area contributed by atoms with Gasteiger partial charge in [0.2, 0.25) is 0 Å². The van der Waals surface area contributed by atoms with Gasteiger partial charge in [0.1, 0.15) is 0 Å². The van der Waals surface area contributed by atoms with Gasteiger partial charge in [0, 0.05) is 22.4 Å². The van der Waals surface area contributed by atoms with E-state index in [4.69, 9.17) is 17.3 Å². The van der Waals surface area contributed by atoms with Crippen molar-refractivity contribution in [3.8, 4) is 0 Å². The van der Waals surface area contributed by atoms with Gasteiger partial charge in [0.25, 0.3) is 0 Å². The maximum Gasteiger partial charge on any atom is 0.0621 e. The SMILES string of the molecule is NCC(c1ccccc1Cl)C(O)CCCc1cccs1. The molecule has 0 saturated carbocycles. The molecule has 2 aromatic rings. The van der Waals surface area contributed by atoms with Crippen molar-refractivity contribution in [1.82, 2.24) is 0 Å². The molecule has 0 saturated heterocycles. The summed E-state index contributed by atoms with van der Waals surface area (Å²) in [6, 6.07) is 11.8. The third-order valence-corrected chi connectivity index (χ3v) is 4.81. The summed E-state index contributed by atoms with van der Waals surface area (Å²) in [5, 5.41) is 13.1. The van der Waals surface area contributed by atoms with Crippen LogP contribution in [0.5, 0.6) is 0 Å². The van der Waals surface area contributed by atoms with Crippen molar-refractivity contribution in [3.05, 3.63) is 57.2 Å². The van der Waals surface area contributed by atoms with Gasteiger partial charge in [0.15, 0.2) is 0 Å². The van der Waals surface area contributed by atoms with Crippen molar-refractivity contribution < 1.29 is 5.11 Å². The minimum atomic E-state index is -0.445. The topological polar surface area (TPSA) is 46.2 Å². The molecule has 3 N–H and O–H groups in total. The van der Waals surface area contributed by atoms with Gasteiger partial charge < -0.3 is 10.8 Å². The van der Waals surface area contributed by atoms with E-state index in [0.29, 0.717) is 11.6 Å². The zero-order valence-corrected chi connectivity index (χ0v) is 12.9. The van der Waals surface area contributed by atoms with Crippen LogP contribution in [0.4, 0.5) is 0 Å². The van der Waals surface area contributed by atoms with Crippen molar-refractivity contribution in [2.45, 2.75) is 31.3 Å². The van der Waals surface area contributed by atoms with E-state index >= 15 is 0 Å². The van der Waals surface area contributed by atoms with Gasteiger partial charge in [-0.25, -0.2) is 0 Å². The molecule has 2 unspecified atom stereocenters. The number of aliphatic hydroxyl groups is 1. The molecule has 2 atom stereocenters. The Morgan fingerprint density at radius 1 is 1.20 bits per heavy atom. The van der Waals surface area contributed by atoms with E-state index in [1.54, 1.807) is 11.3 Å². The molecule has 2 nitrogen and oxygen atoms in total. The Bertz CT molecular complexity index is 515. The summed E-state index contributed by atoms with van der Waals surface area (Å²) in [5.74, 6) is -0.0907. The summed E-state index contributed by atoms with van der Waals surface area (Å²) >= 11 is 7.95. The molecular weight excluding hydrogens is 290 g/mol. The van der Waals surface area contributed by atoms with E-state index in [0.717, 1.165) is 24.8 Å². The molecule has 20 heavy (non-hydrogen) atoms. The fraction of sp³-hybridized carbons (Fsp3) is 0.375. The normalized spacial score (nSPS) is 14.2. The second kappa shape index (κ2) is 7.79. The first kappa shape index (κ1) is 15.5. The van der Waals surface area contributed by atoms with E-state index in [-0.39, 0.29) is 5.92 Å². The largest absolute Gasteiger partial charge is 0.392 e. The quantitative estimate of drug-likeness (QED) is 0.816. The predicted octanol–water partition coefficient (Wildman–Crippen LogP) is 3.83. The first-order valence-corrected chi connectivity index (χ1v) is 8.13. The van der Waals surface area contributed by atoms with Crippen LogP contribution in [0.15, 0.2) is 41.8 Å². The second-order valence-electron chi connectivity index (χ2n) is 4.90. The number of hydrogen-bond acceptors (Lipinski definition) is 3. The highest BCUT2D eigenvalue weighted by molar-refractivity contribution is 7.09. The van der Waals surface area contributed by atoms with Crippen LogP contribution in [0.3, 0.4) is 0 Å². The van der Waals surface area contributed by atoms with Crippen LogP contribution in [0.1, 0.15) is 29.2 Å². The number of thiophene rings is 1. The average molecular weight is 310 g/mol. The van der Waals surface area contributed by atoms with Crippen molar-refractivity contribution in [2.24, 2.45) is 5.73 Å². The first-order valence-electron chi connectivity index (χ1n) is 6.87. The highest BCUT2D eigenvalue weighted by Gasteiger charge is 2.21. The standard InChI is InChI=1S/C16H20ClNOS/c17-15-8-2-1-7-13(15)14(11-18)16(19)9-3-5-12-6-4-10-20-12/h1-2,4,6-8,10,14,16,19H,3,5,9,11,18H2. The molecule has 1 aromatic carbocycles. The van der Waals surface area contributed by atoms with Gasteiger partial charge in [-0.15, -0.1) is 11.3 Å². The summed E-state index contributed by atoms with van der Waals surface area (Å²) < 4.78 is 0. The highest BCUT2D eigenvalue weighted by atomic mass is 35.5. The lowest BCUT2D eigenvalue weighted by molar-refractivity contribution is 0.133. The van der Waals surface area contributed by atoms with E-state index in [2.05, 4.69) is 17.5 Å². The van der Waals surface area contributed by atoms with Crippen LogP contribution in [-0.4, -0.2) is 17.8 Å². The van der Waals surface area contributed by atoms with E-state index in [1.165, 1.54) is 4.88 Å². The predicted molar refractivity (Wildman–Crippen MR) is 86.5 cm³/mol. The number of rotatable bonds is 7. The fourth-order valence-corrected chi connectivity index (χ4v) is 3.44. The molecule has 0 fully saturated rings. The van der Waals surface area contributed by atoms with Gasteiger partial charge in [0.05, 0.1) is 6.10 Å². The Morgan fingerprint density at radius 3 is 2.65 bits per heavy atom. The van der Waals surface area contributed by atoms with Crippen molar-refractivity contribution in [2.75, 3.05) is 6.54 Å². The zero-order chi connectivity index (χ0) is 14.4. The number of nitrogens with two attached hydrogens (primary N) is 1. The van der Waals surface area contributed by atoms with Gasteiger partial charge >= 0.3 is 0 Å². The third-order valence-electron chi connectivity index (χ3n) is 3.53. The Labute approximate surface area is 129 Å². The molecule has 4 heteroatoms. The molecule has 0 bridgehead atoms. The van der Waals surface area contributed by atoms with E-state index in [9.17, 15) is 5.11 Å². The molecule has 1 aromatic heterocycles. The first-order chi connectivity index (χ1) is 9.72. The molecule has 0 radical (unpaired) electrons. The molecule has 1 heterocycles. The number of aliphatic hydroxyl groups excluding tert-OH is 1. The van der Waals surface area contributed by atoms with Crippen molar-refractivity contribution in [3.63, 3.8) is 0 Å². The van der Waals surface area contributed by atoms with E-state index in [1.807, 2.05) is 24.3 Å².